The molecule has 3 rings (SSSR count). The van der Waals surface area contributed by atoms with Gasteiger partial charge in [0.2, 0.25) is 0 Å². The van der Waals surface area contributed by atoms with Gasteiger partial charge >= 0.3 is 5.97 Å². The number of rotatable bonds is 4. The van der Waals surface area contributed by atoms with Crippen molar-refractivity contribution in [3.63, 3.8) is 0 Å². The Hall–Kier alpha value is -2.41. The molecule has 1 atom stereocenters. The number of piperidine rings is 1. The number of carbonyl (C=O) groups is 2. The van der Waals surface area contributed by atoms with Crippen molar-refractivity contribution in [2.75, 3.05) is 13.2 Å². The molecule has 1 saturated heterocycles. The Balaban J connectivity index is 1.72. The number of ether oxygens (including phenoxy) is 1. The van der Waals surface area contributed by atoms with Crippen molar-refractivity contribution < 1.29 is 14.3 Å². The molecule has 0 radical (unpaired) electrons. The summed E-state index contributed by atoms with van der Waals surface area (Å²) in [6.07, 6.45) is 3.06. The van der Waals surface area contributed by atoms with Gasteiger partial charge in [-0.2, -0.15) is 5.10 Å². The Labute approximate surface area is 163 Å². The van der Waals surface area contributed by atoms with Gasteiger partial charge in [-0.05, 0) is 58.2 Å². The summed E-state index contributed by atoms with van der Waals surface area (Å²) in [7, 11) is 0. The highest BCUT2D eigenvalue weighted by Gasteiger charge is 2.25. The number of aromatic nitrogens is 3. The smallest absolute Gasteiger partial charge is 0.359 e. The second kappa shape index (κ2) is 8.08. The van der Waals surface area contributed by atoms with Gasteiger partial charge in [0.1, 0.15) is 0 Å². The van der Waals surface area contributed by atoms with Crippen LogP contribution in [0.5, 0.6) is 0 Å². The quantitative estimate of drug-likeness (QED) is 0.749. The van der Waals surface area contributed by atoms with Crippen molar-refractivity contribution in [1.29, 1.82) is 0 Å². The van der Waals surface area contributed by atoms with Gasteiger partial charge in [-0.25, -0.2) is 14.5 Å². The van der Waals surface area contributed by atoms with E-state index < -0.39 is 5.97 Å². The molecule has 3 heterocycles. The third kappa shape index (κ3) is 4.30. The van der Waals surface area contributed by atoms with Crippen molar-refractivity contribution in [3.05, 3.63) is 40.3 Å². The molecule has 7 nitrogen and oxygen atoms in total. The number of pyridine rings is 1. The lowest BCUT2D eigenvalue weighted by molar-refractivity contribution is -0.137. The minimum Gasteiger partial charge on any atom is -0.451 e. The van der Waals surface area contributed by atoms with Gasteiger partial charge in [-0.3, -0.25) is 4.79 Å². The van der Waals surface area contributed by atoms with Crippen LogP contribution in [0.2, 0.25) is 5.02 Å². The Morgan fingerprint density at radius 1 is 1.30 bits per heavy atom. The SMILES string of the molecule is Cc1cc(C)n(-c2ccc(Cl)c(C(=O)OCC(=O)N3CCCC[C@H]3C)n2)n1. The van der Waals surface area contributed by atoms with Crippen molar-refractivity contribution in [2.45, 2.75) is 46.1 Å². The standard InChI is InChI=1S/C19H23ClN4O3/c1-12-10-14(3)24(22-12)16-8-7-15(20)18(21-16)19(26)27-11-17(25)23-9-5-4-6-13(23)2/h7-8,10,13H,4-6,9,11H2,1-3H3/t13-/m1/s1. The highest BCUT2D eigenvalue weighted by Crippen LogP contribution is 2.19. The largest absolute Gasteiger partial charge is 0.451 e. The van der Waals surface area contributed by atoms with Crippen molar-refractivity contribution in [3.8, 4) is 5.82 Å². The van der Waals surface area contributed by atoms with Crippen LogP contribution in [0.3, 0.4) is 0 Å². The number of carbonyl (C=O) groups excluding carboxylic acids is 2. The highest BCUT2D eigenvalue weighted by molar-refractivity contribution is 6.33. The van der Waals surface area contributed by atoms with E-state index in [-0.39, 0.29) is 29.3 Å². The lowest BCUT2D eigenvalue weighted by atomic mass is 10.0. The number of likely N-dealkylation sites (tertiary alicyclic amines) is 1. The van der Waals surface area contributed by atoms with Crippen molar-refractivity contribution in [1.82, 2.24) is 19.7 Å². The van der Waals surface area contributed by atoms with Crippen LogP contribution in [0, 0.1) is 13.8 Å². The molecule has 2 aromatic rings. The fraction of sp³-hybridized carbons (Fsp3) is 0.474. The average molecular weight is 391 g/mol. The summed E-state index contributed by atoms with van der Waals surface area (Å²) in [6.45, 7) is 6.17. The molecular formula is C19H23ClN4O3. The molecule has 1 amide bonds. The van der Waals surface area contributed by atoms with Gasteiger partial charge in [-0.15, -0.1) is 0 Å². The van der Waals surface area contributed by atoms with Gasteiger partial charge in [0, 0.05) is 18.3 Å². The molecule has 1 aliphatic rings. The number of nitrogens with zero attached hydrogens (tertiary/aromatic N) is 4. The first-order chi connectivity index (χ1) is 12.9. The average Bonchev–Trinajstić information content (AvgIpc) is 2.98. The molecule has 27 heavy (non-hydrogen) atoms. The normalized spacial score (nSPS) is 17.0. The van der Waals surface area contributed by atoms with Crippen molar-refractivity contribution in [2.24, 2.45) is 0 Å². The van der Waals surface area contributed by atoms with Crippen LogP contribution >= 0.6 is 11.6 Å². The van der Waals surface area contributed by atoms with Crippen LogP contribution < -0.4 is 0 Å². The second-order valence-corrected chi connectivity index (χ2v) is 7.25. The minimum atomic E-state index is -0.721. The maximum Gasteiger partial charge on any atom is 0.359 e. The van der Waals surface area contributed by atoms with E-state index in [1.807, 2.05) is 26.8 Å². The number of hydrogen-bond donors (Lipinski definition) is 0. The van der Waals surface area contributed by atoms with Crippen LogP contribution in [-0.4, -0.2) is 50.7 Å². The maximum atomic E-state index is 12.4. The third-order valence-electron chi connectivity index (χ3n) is 4.70. The van der Waals surface area contributed by atoms with Gasteiger partial charge in [-0.1, -0.05) is 11.6 Å². The Morgan fingerprint density at radius 2 is 2.07 bits per heavy atom. The Morgan fingerprint density at radius 3 is 2.74 bits per heavy atom. The molecule has 144 valence electrons. The Bertz CT molecular complexity index is 865. The van der Waals surface area contributed by atoms with E-state index in [0.29, 0.717) is 12.4 Å². The molecule has 2 aromatic heterocycles. The first-order valence-electron chi connectivity index (χ1n) is 9.03. The first-order valence-corrected chi connectivity index (χ1v) is 9.41. The van der Waals surface area contributed by atoms with E-state index in [0.717, 1.165) is 30.7 Å². The summed E-state index contributed by atoms with van der Waals surface area (Å²) >= 11 is 6.12. The molecule has 1 fully saturated rings. The molecule has 0 aromatic carbocycles. The lowest BCUT2D eigenvalue weighted by Gasteiger charge is -2.33. The van der Waals surface area contributed by atoms with E-state index in [1.54, 1.807) is 21.7 Å². The molecule has 0 saturated carbocycles. The molecule has 1 aliphatic heterocycles. The minimum absolute atomic E-state index is 0.0267. The van der Waals surface area contributed by atoms with E-state index in [9.17, 15) is 9.59 Å². The number of esters is 1. The monoisotopic (exact) mass is 390 g/mol. The number of halogens is 1. The van der Waals surface area contributed by atoms with Crippen LogP contribution in [0.4, 0.5) is 0 Å². The van der Waals surface area contributed by atoms with Crippen LogP contribution in [0.15, 0.2) is 18.2 Å². The predicted octanol–water partition coefficient (Wildman–Crippen LogP) is 3.10. The lowest BCUT2D eigenvalue weighted by Crippen LogP contribution is -2.44. The summed E-state index contributed by atoms with van der Waals surface area (Å²) < 4.78 is 6.82. The van der Waals surface area contributed by atoms with Gasteiger partial charge in [0.05, 0.1) is 10.7 Å². The Kier molecular flexibility index (Phi) is 5.79. The number of hydrogen-bond acceptors (Lipinski definition) is 5. The summed E-state index contributed by atoms with van der Waals surface area (Å²) in [4.78, 5) is 30.8. The zero-order valence-corrected chi connectivity index (χ0v) is 16.5. The molecule has 8 heteroatoms. The fourth-order valence-electron chi connectivity index (χ4n) is 3.30. The predicted molar refractivity (Wildman–Crippen MR) is 101 cm³/mol. The van der Waals surface area contributed by atoms with E-state index in [1.165, 1.54) is 0 Å². The van der Waals surface area contributed by atoms with Gasteiger partial charge in [0.25, 0.3) is 5.91 Å². The molecule has 0 N–H and O–H groups in total. The summed E-state index contributed by atoms with van der Waals surface area (Å²) in [5, 5.41) is 4.52. The molecule has 0 unspecified atom stereocenters. The van der Waals surface area contributed by atoms with Crippen LogP contribution in [0.1, 0.15) is 48.1 Å². The van der Waals surface area contributed by atoms with E-state index >= 15 is 0 Å². The highest BCUT2D eigenvalue weighted by atomic mass is 35.5. The fourth-order valence-corrected chi connectivity index (χ4v) is 3.48. The topological polar surface area (TPSA) is 77.3 Å². The second-order valence-electron chi connectivity index (χ2n) is 6.85. The molecular weight excluding hydrogens is 368 g/mol. The maximum absolute atomic E-state index is 12.4. The van der Waals surface area contributed by atoms with E-state index in [4.69, 9.17) is 16.3 Å². The van der Waals surface area contributed by atoms with Gasteiger partial charge in [0.15, 0.2) is 18.1 Å². The molecule has 0 spiro atoms. The number of amides is 1. The zero-order valence-electron chi connectivity index (χ0n) is 15.7. The van der Waals surface area contributed by atoms with Crippen LogP contribution in [0.25, 0.3) is 5.82 Å². The number of aryl methyl sites for hydroxylation is 2. The summed E-state index contributed by atoms with van der Waals surface area (Å²) in [6, 6.07) is 5.33. The molecule has 0 aliphatic carbocycles. The van der Waals surface area contributed by atoms with Gasteiger partial charge < -0.3 is 9.64 Å². The summed E-state index contributed by atoms with van der Waals surface area (Å²) in [5.74, 6) is -0.448. The first kappa shape index (κ1) is 19.4. The molecule has 0 bridgehead atoms. The van der Waals surface area contributed by atoms with Crippen molar-refractivity contribution >= 4 is 23.5 Å². The summed E-state index contributed by atoms with van der Waals surface area (Å²) in [5.41, 5.74) is 1.70. The van der Waals surface area contributed by atoms with Crippen LogP contribution in [-0.2, 0) is 9.53 Å². The van der Waals surface area contributed by atoms with E-state index in [2.05, 4.69) is 10.1 Å². The zero-order chi connectivity index (χ0) is 19.6. The third-order valence-corrected chi connectivity index (χ3v) is 5.01.